The van der Waals surface area contributed by atoms with Gasteiger partial charge in [0, 0.05) is 18.2 Å². The summed E-state index contributed by atoms with van der Waals surface area (Å²) < 4.78 is 35.8. The minimum absolute atomic E-state index is 0.101. The lowest BCUT2D eigenvalue weighted by atomic mass is 10.2. The molecule has 4 rings (SSSR count). The minimum Gasteiger partial charge on any atom is -0.453 e. The van der Waals surface area contributed by atoms with Gasteiger partial charge in [0.1, 0.15) is 17.0 Å². The van der Waals surface area contributed by atoms with Crippen molar-refractivity contribution in [2.45, 2.75) is 4.90 Å². The number of nitro groups is 2. The second kappa shape index (κ2) is 7.14. The number of hydrogen-bond donors (Lipinski definition) is 0. The van der Waals surface area contributed by atoms with E-state index in [1.807, 2.05) is 0 Å². The highest BCUT2D eigenvalue weighted by Crippen LogP contribution is 2.32. The van der Waals surface area contributed by atoms with Gasteiger partial charge in [0.25, 0.3) is 11.4 Å². The molecular formula is C18H9N3O9S. The number of hydrogen-bond acceptors (Lipinski definition) is 10. The first-order valence-electron chi connectivity index (χ1n) is 8.36. The van der Waals surface area contributed by atoms with Crippen LogP contribution in [-0.4, -0.2) is 23.2 Å². The fourth-order valence-corrected chi connectivity index (χ4v) is 3.85. The van der Waals surface area contributed by atoms with Crippen LogP contribution in [0.1, 0.15) is 0 Å². The molecule has 0 spiro atoms. The van der Waals surface area contributed by atoms with Crippen molar-refractivity contribution in [1.82, 2.24) is 4.98 Å². The standard InChI is InChI=1S/C18H9N3O9S/c22-11-2-4-13-16(8-11)29-17-9-12(3-5-14(17)19-13)30-31(27,28)18-6-1-10(20(23)24)7-15(18)21(25)26/h1-9H. The van der Waals surface area contributed by atoms with Crippen molar-refractivity contribution in [2.75, 3.05) is 0 Å². The molecule has 0 fully saturated rings. The van der Waals surface area contributed by atoms with E-state index in [0.717, 1.165) is 12.1 Å². The Morgan fingerprint density at radius 2 is 1.71 bits per heavy atom. The van der Waals surface area contributed by atoms with E-state index in [4.69, 9.17) is 8.60 Å². The zero-order valence-electron chi connectivity index (χ0n) is 15.1. The van der Waals surface area contributed by atoms with Crippen molar-refractivity contribution in [2.24, 2.45) is 0 Å². The molecular weight excluding hydrogens is 434 g/mol. The topological polar surface area (TPSA) is 173 Å². The number of non-ortho nitro benzene ring substituents is 1. The highest BCUT2D eigenvalue weighted by molar-refractivity contribution is 7.87. The molecule has 31 heavy (non-hydrogen) atoms. The molecule has 1 aliphatic heterocycles. The van der Waals surface area contributed by atoms with Gasteiger partial charge in [-0.05, 0) is 30.3 Å². The summed E-state index contributed by atoms with van der Waals surface area (Å²) in [5, 5.41) is 22.1. The third-order valence-corrected chi connectivity index (χ3v) is 5.44. The van der Waals surface area contributed by atoms with Crippen molar-refractivity contribution in [3.8, 4) is 17.2 Å². The molecule has 0 aromatic heterocycles. The fraction of sp³-hybridized carbons (Fsp3) is 0. The van der Waals surface area contributed by atoms with Gasteiger partial charge >= 0.3 is 10.1 Å². The molecule has 0 N–H and O–H groups in total. The monoisotopic (exact) mass is 443 g/mol. The second-order valence-electron chi connectivity index (χ2n) is 6.18. The summed E-state index contributed by atoms with van der Waals surface area (Å²) in [6.45, 7) is 0. The lowest BCUT2D eigenvalue weighted by molar-refractivity contribution is -0.396. The Bertz CT molecular complexity index is 1510. The average molecular weight is 443 g/mol. The van der Waals surface area contributed by atoms with E-state index in [-0.39, 0.29) is 22.5 Å². The molecule has 2 aliphatic rings. The number of aromatic nitrogens is 1. The lowest BCUT2D eigenvalue weighted by Crippen LogP contribution is -2.12. The third kappa shape index (κ3) is 3.76. The highest BCUT2D eigenvalue weighted by Gasteiger charge is 2.30. The largest absolute Gasteiger partial charge is 0.453 e. The van der Waals surface area contributed by atoms with Crippen molar-refractivity contribution < 1.29 is 26.9 Å². The summed E-state index contributed by atoms with van der Waals surface area (Å²) in [5.41, 5.74) is -1.10. The number of benzene rings is 3. The molecule has 12 nitrogen and oxygen atoms in total. The lowest BCUT2D eigenvalue weighted by Gasteiger charge is -2.09. The number of rotatable bonds is 5. The van der Waals surface area contributed by atoms with Crippen LogP contribution in [0.2, 0.25) is 0 Å². The van der Waals surface area contributed by atoms with Gasteiger partial charge < -0.3 is 8.60 Å². The summed E-state index contributed by atoms with van der Waals surface area (Å²) in [6.07, 6.45) is 0. The van der Waals surface area contributed by atoms with Crippen LogP contribution < -0.4 is 9.61 Å². The van der Waals surface area contributed by atoms with Crippen LogP contribution in [0.5, 0.6) is 5.75 Å². The number of nitrogens with zero attached hydrogens (tertiary/aromatic N) is 3. The molecule has 1 heterocycles. The normalized spacial score (nSPS) is 11.5. The summed E-state index contributed by atoms with van der Waals surface area (Å²) in [5.74, 6) is -0.0747. The zero-order valence-corrected chi connectivity index (χ0v) is 15.9. The molecule has 0 radical (unpaired) electrons. The molecule has 156 valence electrons. The number of nitro benzene ring substituents is 2. The maximum atomic E-state index is 12.6. The van der Waals surface area contributed by atoms with E-state index in [9.17, 15) is 33.4 Å². The van der Waals surface area contributed by atoms with Gasteiger partial charge in [-0.25, -0.2) is 4.98 Å². The summed E-state index contributed by atoms with van der Waals surface area (Å²) in [4.78, 5) is 35.0. The Morgan fingerprint density at radius 3 is 2.42 bits per heavy atom. The molecule has 1 aliphatic carbocycles. The van der Waals surface area contributed by atoms with E-state index in [1.54, 1.807) is 0 Å². The Balaban J connectivity index is 1.77. The third-order valence-electron chi connectivity index (χ3n) is 4.15. The molecule has 0 atom stereocenters. The van der Waals surface area contributed by atoms with E-state index in [1.165, 1.54) is 36.4 Å². The first-order valence-corrected chi connectivity index (χ1v) is 9.77. The Labute approximate surface area is 172 Å². The fourth-order valence-electron chi connectivity index (χ4n) is 2.78. The van der Waals surface area contributed by atoms with Crippen LogP contribution in [0.3, 0.4) is 0 Å². The van der Waals surface area contributed by atoms with Crippen LogP contribution in [0.15, 0.2) is 68.7 Å². The molecule has 0 bridgehead atoms. The van der Waals surface area contributed by atoms with Gasteiger partial charge in [0.05, 0.1) is 15.9 Å². The first kappa shape index (κ1) is 19.9. The quantitative estimate of drug-likeness (QED) is 0.193. The molecule has 2 aromatic carbocycles. The smallest absolute Gasteiger partial charge is 0.346 e. The molecule has 0 saturated carbocycles. The van der Waals surface area contributed by atoms with E-state index < -0.39 is 36.2 Å². The Morgan fingerprint density at radius 1 is 0.935 bits per heavy atom. The molecule has 0 saturated heterocycles. The molecule has 13 heteroatoms. The second-order valence-corrected chi connectivity index (χ2v) is 7.69. The molecule has 0 amide bonds. The van der Waals surface area contributed by atoms with Crippen LogP contribution in [-0.2, 0) is 10.1 Å². The highest BCUT2D eigenvalue weighted by atomic mass is 32.2. The van der Waals surface area contributed by atoms with Crippen LogP contribution >= 0.6 is 0 Å². The van der Waals surface area contributed by atoms with Gasteiger partial charge in [0.2, 0.25) is 0 Å². The van der Waals surface area contributed by atoms with Gasteiger partial charge in [-0.1, -0.05) is 0 Å². The van der Waals surface area contributed by atoms with Gasteiger partial charge in [0.15, 0.2) is 21.7 Å². The SMILES string of the molecule is O=c1ccc2nc3ccc(OS(=O)(=O)c4ccc([N+](=O)[O-])cc4[N+](=O)[O-])cc3oc-2c1. The summed E-state index contributed by atoms with van der Waals surface area (Å²) in [7, 11) is -4.73. The van der Waals surface area contributed by atoms with Gasteiger partial charge in [-0.15, -0.1) is 0 Å². The molecule has 2 aromatic rings. The molecule has 0 unspecified atom stereocenters. The maximum absolute atomic E-state index is 12.6. The Kier molecular flexibility index (Phi) is 4.58. The zero-order chi connectivity index (χ0) is 22.3. The van der Waals surface area contributed by atoms with Crippen molar-refractivity contribution in [1.29, 1.82) is 0 Å². The van der Waals surface area contributed by atoms with Gasteiger partial charge in [-0.3, -0.25) is 25.0 Å². The van der Waals surface area contributed by atoms with Crippen LogP contribution in [0.25, 0.3) is 22.6 Å². The maximum Gasteiger partial charge on any atom is 0.346 e. The van der Waals surface area contributed by atoms with Crippen LogP contribution in [0, 0.1) is 20.2 Å². The van der Waals surface area contributed by atoms with Crippen molar-refractivity contribution in [3.05, 3.63) is 85.0 Å². The first-order chi connectivity index (χ1) is 14.6. The summed E-state index contributed by atoms with van der Waals surface area (Å²) in [6, 6.07) is 9.92. The van der Waals surface area contributed by atoms with E-state index in [0.29, 0.717) is 17.3 Å². The predicted octanol–water partition coefficient (Wildman–Crippen LogP) is 2.88. The number of fused-ring (bicyclic) bond motifs is 2. The van der Waals surface area contributed by atoms with Crippen LogP contribution in [0.4, 0.5) is 11.4 Å². The Hall–Kier alpha value is -4.39. The van der Waals surface area contributed by atoms with E-state index in [2.05, 4.69) is 4.98 Å². The van der Waals surface area contributed by atoms with Crippen molar-refractivity contribution in [3.63, 3.8) is 0 Å². The minimum atomic E-state index is -4.73. The average Bonchev–Trinajstić information content (AvgIpc) is 2.71. The predicted molar refractivity (Wildman–Crippen MR) is 104 cm³/mol. The van der Waals surface area contributed by atoms with Gasteiger partial charge in [-0.2, -0.15) is 8.42 Å². The summed E-state index contributed by atoms with van der Waals surface area (Å²) >= 11 is 0. The van der Waals surface area contributed by atoms with E-state index >= 15 is 0 Å². The van der Waals surface area contributed by atoms with Crippen molar-refractivity contribution >= 4 is 32.6 Å².